The molecule has 3 atom stereocenters. The number of hydrogen-bond acceptors (Lipinski definition) is 4. The molecule has 0 radical (unpaired) electrons. The summed E-state index contributed by atoms with van der Waals surface area (Å²) in [5.74, 6) is 0. The van der Waals surface area contributed by atoms with Crippen LogP contribution in [0.15, 0.2) is 35.5 Å². The molecule has 2 aliphatic heterocycles. The Hall–Kier alpha value is -1.75. The van der Waals surface area contributed by atoms with Gasteiger partial charge in [-0.25, -0.2) is 0 Å². The minimum absolute atomic E-state index is 0.0808. The van der Waals surface area contributed by atoms with Crippen molar-refractivity contribution in [3.8, 4) is 0 Å². The van der Waals surface area contributed by atoms with Gasteiger partial charge in [0.25, 0.3) is 0 Å². The van der Waals surface area contributed by atoms with Gasteiger partial charge >= 0.3 is 0 Å². The van der Waals surface area contributed by atoms with E-state index in [0.717, 1.165) is 12.2 Å². The first-order valence-electron chi connectivity index (χ1n) is 9.07. The highest BCUT2D eigenvalue weighted by Gasteiger charge is 2.44. The van der Waals surface area contributed by atoms with Crippen LogP contribution in [0.2, 0.25) is 0 Å². The first kappa shape index (κ1) is 16.7. The van der Waals surface area contributed by atoms with Gasteiger partial charge < -0.3 is 9.47 Å². The van der Waals surface area contributed by atoms with E-state index in [2.05, 4.69) is 67.3 Å². The van der Waals surface area contributed by atoms with Crippen LogP contribution in [0.3, 0.4) is 0 Å². The summed E-state index contributed by atoms with van der Waals surface area (Å²) in [6.07, 6.45) is 1.88. The molecule has 1 saturated heterocycles. The number of aromatic nitrogens is 2. The molecule has 0 N–H and O–H groups in total. The summed E-state index contributed by atoms with van der Waals surface area (Å²) in [6, 6.07) is 9.31. The standard InChI is InChI=1S/C20H26N4S/c1-12(2)24-13(3)10-16(15(24)5)19-18(17-8-6-7-9-21-17)22-20-23(19)11-14(4)25-20/h6-10,12,14,18-19H,11H2,1-5H3/t14-,18-,19-/m0/s1. The van der Waals surface area contributed by atoms with Gasteiger partial charge in [0, 0.05) is 35.4 Å². The summed E-state index contributed by atoms with van der Waals surface area (Å²) in [6.45, 7) is 12.3. The maximum atomic E-state index is 5.09. The van der Waals surface area contributed by atoms with Crippen LogP contribution in [0.1, 0.15) is 61.5 Å². The van der Waals surface area contributed by atoms with Crippen LogP contribution in [0, 0.1) is 13.8 Å². The lowest BCUT2D eigenvalue weighted by molar-refractivity contribution is 0.319. The van der Waals surface area contributed by atoms with E-state index in [1.807, 2.05) is 24.0 Å². The van der Waals surface area contributed by atoms with E-state index < -0.39 is 0 Å². The Bertz CT molecular complexity index is 809. The average molecular weight is 355 g/mol. The predicted octanol–water partition coefficient (Wildman–Crippen LogP) is 4.67. The predicted molar refractivity (Wildman–Crippen MR) is 105 cm³/mol. The molecule has 4 rings (SSSR count). The first-order valence-corrected chi connectivity index (χ1v) is 9.95. The van der Waals surface area contributed by atoms with Crippen LogP contribution in [0.5, 0.6) is 0 Å². The SMILES string of the molecule is Cc1cc([C@H]2[C@H](c3ccccn3)N=C3S[C@@H](C)CN32)c(C)n1C(C)C. The smallest absolute Gasteiger partial charge is 0.160 e. The third kappa shape index (κ3) is 2.69. The molecule has 0 aliphatic carbocycles. The number of aryl methyl sites for hydroxylation is 1. The lowest BCUT2D eigenvalue weighted by atomic mass is 9.96. The zero-order valence-electron chi connectivity index (χ0n) is 15.6. The molecule has 0 amide bonds. The van der Waals surface area contributed by atoms with Crippen molar-refractivity contribution >= 4 is 16.9 Å². The molecule has 1 fully saturated rings. The summed E-state index contributed by atoms with van der Waals surface area (Å²) < 4.78 is 2.44. The number of nitrogens with zero attached hydrogens (tertiary/aromatic N) is 4. The number of thioether (sulfide) groups is 1. The van der Waals surface area contributed by atoms with E-state index in [4.69, 9.17) is 4.99 Å². The fourth-order valence-electron chi connectivity index (χ4n) is 4.35. The molecule has 4 nitrogen and oxygen atoms in total. The fraction of sp³-hybridized carbons (Fsp3) is 0.500. The number of aliphatic imine (C=N–C) groups is 1. The van der Waals surface area contributed by atoms with Crippen LogP contribution in [-0.2, 0) is 0 Å². The zero-order valence-corrected chi connectivity index (χ0v) is 16.4. The summed E-state index contributed by atoms with van der Waals surface area (Å²) in [4.78, 5) is 12.2. The monoisotopic (exact) mass is 354 g/mol. The second kappa shape index (κ2) is 6.20. The lowest BCUT2D eigenvalue weighted by Gasteiger charge is -2.27. The average Bonchev–Trinajstić information content (AvgIpc) is 3.18. The van der Waals surface area contributed by atoms with Crippen molar-refractivity contribution < 1.29 is 0 Å². The van der Waals surface area contributed by atoms with Gasteiger partial charge in [-0.1, -0.05) is 24.8 Å². The van der Waals surface area contributed by atoms with E-state index in [1.54, 1.807) is 0 Å². The molecule has 5 heteroatoms. The number of rotatable bonds is 3. The van der Waals surface area contributed by atoms with Gasteiger partial charge in [-0.2, -0.15) is 0 Å². The maximum absolute atomic E-state index is 5.09. The summed E-state index contributed by atoms with van der Waals surface area (Å²) in [5, 5.41) is 1.78. The van der Waals surface area contributed by atoms with Gasteiger partial charge in [-0.05, 0) is 51.5 Å². The minimum Gasteiger partial charge on any atom is -0.346 e. The van der Waals surface area contributed by atoms with E-state index in [-0.39, 0.29) is 12.1 Å². The molecule has 0 unspecified atom stereocenters. The maximum Gasteiger partial charge on any atom is 0.160 e. The van der Waals surface area contributed by atoms with E-state index in [9.17, 15) is 0 Å². The van der Waals surface area contributed by atoms with Gasteiger partial charge in [-0.15, -0.1) is 0 Å². The zero-order chi connectivity index (χ0) is 17.7. The van der Waals surface area contributed by atoms with Crippen molar-refractivity contribution in [3.63, 3.8) is 0 Å². The Kier molecular flexibility index (Phi) is 4.14. The van der Waals surface area contributed by atoms with Crippen LogP contribution in [0.4, 0.5) is 0 Å². The number of fused-ring (bicyclic) bond motifs is 1. The minimum atomic E-state index is 0.0808. The lowest BCUT2D eigenvalue weighted by Crippen LogP contribution is -2.29. The number of hydrogen-bond donors (Lipinski definition) is 0. The summed E-state index contributed by atoms with van der Waals surface area (Å²) >= 11 is 1.90. The highest BCUT2D eigenvalue weighted by atomic mass is 32.2. The van der Waals surface area contributed by atoms with Crippen molar-refractivity contribution in [2.24, 2.45) is 4.99 Å². The van der Waals surface area contributed by atoms with Gasteiger partial charge in [0.2, 0.25) is 0 Å². The van der Waals surface area contributed by atoms with Crippen LogP contribution >= 0.6 is 11.8 Å². The Morgan fingerprint density at radius 2 is 2.04 bits per heavy atom. The van der Waals surface area contributed by atoms with Gasteiger partial charge in [-0.3, -0.25) is 9.98 Å². The fourth-order valence-corrected chi connectivity index (χ4v) is 5.44. The summed E-state index contributed by atoms with van der Waals surface area (Å²) in [5.41, 5.74) is 5.15. The number of pyridine rings is 1. The van der Waals surface area contributed by atoms with E-state index in [1.165, 1.54) is 22.1 Å². The Morgan fingerprint density at radius 1 is 1.24 bits per heavy atom. The Balaban J connectivity index is 1.82. The normalized spacial score (nSPS) is 25.6. The highest BCUT2D eigenvalue weighted by Crippen LogP contribution is 2.48. The van der Waals surface area contributed by atoms with Crippen molar-refractivity contribution in [1.29, 1.82) is 0 Å². The van der Waals surface area contributed by atoms with Crippen molar-refractivity contribution in [3.05, 3.63) is 53.1 Å². The summed E-state index contributed by atoms with van der Waals surface area (Å²) in [7, 11) is 0. The van der Waals surface area contributed by atoms with Gasteiger partial charge in [0.15, 0.2) is 5.17 Å². The van der Waals surface area contributed by atoms with Crippen molar-refractivity contribution in [2.75, 3.05) is 6.54 Å². The molecule has 2 aliphatic rings. The molecule has 2 aromatic heterocycles. The molecule has 0 spiro atoms. The molecule has 0 saturated carbocycles. The molecular formula is C20H26N4S. The highest BCUT2D eigenvalue weighted by molar-refractivity contribution is 8.14. The molecular weight excluding hydrogens is 328 g/mol. The molecule has 0 aromatic carbocycles. The van der Waals surface area contributed by atoms with Gasteiger partial charge in [0.1, 0.15) is 6.04 Å². The van der Waals surface area contributed by atoms with Gasteiger partial charge in [0.05, 0.1) is 11.7 Å². The topological polar surface area (TPSA) is 33.4 Å². The molecule has 0 bridgehead atoms. The van der Waals surface area contributed by atoms with Crippen LogP contribution < -0.4 is 0 Å². The largest absolute Gasteiger partial charge is 0.346 e. The second-order valence-corrected chi connectivity index (χ2v) is 8.83. The number of amidine groups is 1. The molecule has 25 heavy (non-hydrogen) atoms. The first-order chi connectivity index (χ1) is 12.0. The van der Waals surface area contributed by atoms with E-state index >= 15 is 0 Å². The molecule has 4 heterocycles. The Labute approximate surface area is 154 Å². The Morgan fingerprint density at radius 3 is 2.68 bits per heavy atom. The molecule has 2 aromatic rings. The molecule has 132 valence electrons. The van der Waals surface area contributed by atoms with Crippen LogP contribution in [0.25, 0.3) is 0 Å². The second-order valence-electron chi connectivity index (χ2n) is 7.43. The third-order valence-electron chi connectivity index (χ3n) is 5.24. The quantitative estimate of drug-likeness (QED) is 0.803. The van der Waals surface area contributed by atoms with Crippen molar-refractivity contribution in [2.45, 2.75) is 58.0 Å². The third-order valence-corrected chi connectivity index (χ3v) is 6.34. The van der Waals surface area contributed by atoms with Crippen molar-refractivity contribution in [1.82, 2.24) is 14.5 Å². The van der Waals surface area contributed by atoms with Crippen LogP contribution in [-0.4, -0.2) is 31.4 Å². The van der Waals surface area contributed by atoms with E-state index in [0.29, 0.717) is 11.3 Å².